The third kappa shape index (κ3) is 5.84. The Morgan fingerprint density at radius 3 is 2.00 bits per heavy atom. The van der Waals surface area contributed by atoms with Gasteiger partial charge in [-0.25, -0.2) is 11.6 Å². The Morgan fingerprint density at radius 2 is 1.52 bits per heavy atom. The maximum absolute atomic E-state index is 3.47. The van der Waals surface area contributed by atoms with Gasteiger partial charge in [0.2, 0.25) is 0 Å². The van der Waals surface area contributed by atoms with Crippen molar-refractivity contribution in [3.05, 3.63) is 88.0 Å². The van der Waals surface area contributed by atoms with E-state index >= 15 is 0 Å². The molecule has 2 aliphatic carbocycles. The fraction of sp³-hybridized carbons (Fsp3) is 0.304. The van der Waals surface area contributed by atoms with Gasteiger partial charge in [0.15, 0.2) is 0 Å². The summed E-state index contributed by atoms with van der Waals surface area (Å²) in [6, 6.07) is 12.9. The summed E-state index contributed by atoms with van der Waals surface area (Å²) >= 11 is 0. The van der Waals surface area contributed by atoms with Gasteiger partial charge in [-0.2, -0.15) is 16.7 Å². The van der Waals surface area contributed by atoms with E-state index in [2.05, 4.69) is 101 Å². The zero-order chi connectivity index (χ0) is 17.3. The smallest absolute Gasteiger partial charge is 1.00 e. The molecule has 0 saturated heterocycles. The first-order valence-electron chi connectivity index (χ1n) is 8.51. The van der Waals surface area contributed by atoms with Crippen LogP contribution in [0, 0.1) is 17.6 Å². The van der Waals surface area contributed by atoms with Crippen LogP contribution in [0.25, 0.3) is 6.08 Å². The van der Waals surface area contributed by atoms with Crippen LogP contribution in [-0.2, 0) is 26.2 Å². The van der Waals surface area contributed by atoms with Gasteiger partial charge in [-0.05, 0) is 17.3 Å². The first-order valence-corrected chi connectivity index (χ1v) is 10.1. The van der Waals surface area contributed by atoms with Crippen LogP contribution >= 0.6 is 7.53 Å². The molecule has 0 nitrogen and oxygen atoms in total. The van der Waals surface area contributed by atoms with E-state index in [9.17, 15) is 0 Å². The monoisotopic (exact) mass is 492 g/mol. The summed E-state index contributed by atoms with van der Waals surface area (Å²) in [7, 11) is -0.136. The molecule has 27 heavy (non-hydrogen) atoms. The average Bonchev–Trinajstić information content (AvgIpc) is 3.25. The molecule has 0 amide bonds. The van der Waals surface area contributed by atoms with Gasteiger partial charge in [-0.15, -0.1) is 26.1 Å². The van der Waals surface area contributed by atoms with Gasteiger partial charge in [0, 0.05) is 0 Å². The second-order valence-electron chi connectivity index (χ2n) is 7.10. The largest absolute Gasteiger partial charge is 4.00 e. The summed E-state index contributed by atoms with van der Waals surface area (Å²) in [6.45, 7) is 10.9. The minimum Gasteiger partial charge on any atom is -1.00 e. The van der Waals surface area contributed by atoms with Crippen molar-refractivity contribution < 1.29 is 51.0 Å². The molecule has 0 aliphatic heterocycles. The summed E-state index contributed by atoms with van der Waals surface area (Å²) in [5.74, 6) is 4.62. The Balaban J connectivity index is 0.000000473. The van der Waals surface area contributed by atoms with E-state index < -0.39 is 0 Å². The normalized spacial score (nSPS) is 18.3. The molecule has 4 heteroatoms. The molecule has 1 aromatic carbocycles. The van der Waals surface area contributed by atoms with Crippen LogP contribution in [0.4, 0.5) is 0 Å². The number of hydrogen-bond acceptors (Lipinski definition) is 0. The van der Waals surface area contributed by atoms with Crippen LogP contribution in [0.15, 0.2) is 64.7 Å². The number of halogens is 2. The maximum Gasteiger partial charge on any atom is 4.00 e. The molecule has 0 spiro atoms. The van der Waals surface area contributed by atoms with Crippen molar-refractivity contribution in [1.82, 2.24) is 0 Å². The van der Waals surface area contributed by atoms with Gasteiger partial charge in [0.25, 0.3) is 0 Å². The van der Waals surface area contributed by atoms with Crippen molar-refractivity contribution in [3.8, 4) is 0 Å². The Labute approximate surface area is 197 Å². The number of hydrogen-bond donors (Lipinski definition) is 0. The first kappa shape index (κ1) is 26.7. The Kier molecular flexibility index (Phi) is 10.9. The molecule has 2 aromatic rings. The number of allylic oxidation sites excluding steroid dienone is 5. The second-order valence-corrected chi connectivity index (χ2v) is 9.10. The van der Waals surface area contributed by atoms with Crippen LogP contribution in [0.1, 0.15) is 51.4 Å². The minimum absolute atomic E-state index is 0. The zero-order valence-electron chi connectivity index (χ0n) is 16.5. The average molecular weight is 495 g/mol. The van der Waals surface area contributed by atoms with Gasteiger partial charge in [-0.3, -0.25) is 12.2 Å². The minimum atomic E-state index is -0.136. The van der Waals surface area contributed by atoms with Gasteiger partial charge in [-0.1, -0.05) is 63.4 Å². The number of rotatable bonds is 1. The topological polar surface area (TPSA) is 0 Å². The van der Waals surface area contributed by atoms with Crippen molar-refractivity contribution >= 4 is 13.6 Å². The van der Waals surface area contributed by atoms with Gasteiger partial charge >= 0.3 is 26.2 Å². The van der Waals surface area contributed by atoms with E-state index in [4.69, 9.17) is 0 Å². The van der Waals surface area contributed by atoms with E-state index in [1.54, 1.807) is 0 Å². The van der Waals surface area contributed by atoms with Crippen LogP contribution in [0.5, 0.6) is 0 Å². The number of benzene rings is 1. The Morgan fingerprint density at radius 1 is 0.926 bits per heavy atom. The first-order chi connectivity index (χ1) is 11.4. The molecule has 1 aromatic heterocycles. The van der Waals surface area contributed by atoms with Crippen LogP contribution in [0.2, 0.25) is 0 Å². The van der Waals surface area contributed by atoms with Crippen molar-refractivity contribution in [2.75, 3.05) is 0 Å². The SMILES string of the molecule is CC1=[C-]C(C)(C)C(C)=C1C.[C-]1=Cc2ccccc2C1p1cccc1.[Cl-].[Cl-].[Zr+4]. The predicted molar refractivity (Wildman–Crippen MR) is 106 cm³/mol. The van der Waals surface area contributed by atoms with E-state index in [-0.39, 0.29) is 64.0 Å². The van der Waals surface area contributed by atoms with Crippen molar-refractivity contribution in [2.45, 2.75) is 40.3 Å². The molecule has 1 atom stereocenters. The molecule has 0 fully saturated rings. The van der Waals surface area contributed by atoms with Crippen molar-refractivity contribution in [2.24, 2.45) is 5.41 Å². The molecular formula is C23H25Cl2PZr. The molecule has 1 heterocycles. The van der Waals surface area contributed by atoms with Gasteiger partial charge < -0.3 is 24.8 Å². The quantitative estimate of drug-likeness (QED) is 0.523. The van der Waals surface area contributed by atoms with Crippen LogP contribution in [-0.4, -0.2) is 0 Å². The molecule has 0 bridgehead atoms. The fourth-order valence-corrected chi connectivity index (χ4v) is 5.17. The molecular weight excluding hydrogens is 469 g/mol. The molecule has 1 unspecified atom stereocenters. The maximum atomic E-state index is 3.47. The summed E-state index contributed by atoms with van der Waals surface area (Å²) in [6.07, 6.45) is 9.03. The molecule has 4 rings (SSSR count). The fourth-order valence-electron chi connectivity index (χ4n) is 3.32. The van der Waals surface area contributed by atoms with Crippen molar-refractivity contribution in [3.63, 3.8) is 0 Å². The van der Waals surface area contributed by atoms with E-state index in [0.717, 1.165) is 0 Å². The number of fused-ring (bicyclic) bond motifs is 1. The van der Waals surface area contributed by atoms with E-state index in [1.807, 2.05) is 0 Å². The second kappa shape index (κ2) is 11.0. The summed E-state index contributed by atoms with van der Waals surface area (Å²) in [5.41, 5.74) is 7.67. The third-order valence-electron chi connectivity index (χ3n) is 5.18. The van der Waals surface area contributed by atoms with Crippen LogP contribution in [0.3, 0.4) is 0 Å². The van der Waals surface area contributed by atoms with Gasteiger partial charge in [0.05, 0.1) is 0 Å². The Hall–Kier alpha value is -0.317. The summed E-state index contributed by atoms with van der Waals surface area (Å²) in [4.78, 5) is 0. The van der Waals surface area contributed by atoms with Crippen molar-refractivity contribution in [1.29, 1.82) is 0 Å². The molecule has 0 N–H and O–H groups in total. The van der Waals surface area contributed by atoms with Crippen LogP contribution < -0.4 is 24.8 Å². The van der Waals surface area contributed by atoms with E-state index in [1.165, 1.54) is 27.8 Å². The Bertz CT molecular complexity index is 830. The van der Waals surface area contributed by atoms with E-state index in [0.29, 0.717) is 5.66 Å². The molecule has 0 saturated carbocycles. The molecule has 140 valence electrons. The third-order valence-corrected chi connectivity index (χ3v) is 7.23. The standard InChI is InChI=1S/C13H10P.C10H15.2ClH.Zr/c1-2-6-12-11(5-1)7-8-13(12)14-9-3-4-10-14;1-7-6-10(4,5)9(3)8(7)2;;;/h1-7,9-10,13H;1-5H3;2*1H;/q2*-1;;;+4/p-2. The zero-order valence-corrected chi connectivity index (χ0v) is 21.3. The summed E-state index contributed by atoms with van der Waals surface area (Å²) < 4.78 is 0. The van der Waals surface area contributed by atoms with Gasteiger partial charge in [0.1, 0.15) is 0 Å². The molecule has 2 aliphatic rings. The molecule has 0 radical (unpaired) electrons. The predicted octanol–water partition coefficient (Wildman–Crippen LogP) is 1.21. The summed E-state index contributed by atoms with van der Waals surface area (Å²) in [5, 5.41) is 0.